The summed E-state index contributed by atoms with van der Waals surface area (Å²) in [4.78, 5) is 8.22. The van der Waals surface area contributed by atoms with Gasteiger partial charge in [0.15, 0.2) is 5.82 Å². The van der Waals surface area contributed by atoms with Crippen LogP contribution in [0.2, 0.25) is 0 Å². The number of nitrogens with zero attached hydrogens (tertiary/aromatic N) is 4. The van der Waals surface area contributed by atoms with E-state index < -0.39 is 0 Å². The van der Waals surface area contributed by atoms with E-state index in [1.165, 1.54) is 0 Å². The lowest BCUT2D eigenvalue weighted by Gasteiger charge is -2.02. The Bertz CT molecular complexity index is 435. The van der Waals surface area contributed by atoms with Crippen molar-refractivity contribution in [2.24, 2.45) is 12.9 Å². The van der Waals surface area contributed by atoms with Gasteiger partial charge in [-0.15, -0.1) is 0 Å². The van der Waals surface area contributed by atoms with E-state index in [0.717, 1.165) is 5.56 Å². The predicted octanol–water partition coefficient (Wildman–Crippen LogP) is 0.163. The average molecular weight is 190 g/mol. The largest absolute Gasteiger partial charge is 0.307 e. The van der Waals surface area contributed by atoms with Gasteiger partial charge in [-0.2, -0.15) is 5.10 Å². The Morgan fingerprint density at radius 2 is 2.14 bits per heavy atom. The number of hydrogen-bond donors (Lipinski definition) is 2. The highest BCUT2D eigenvalue weighted by Crippen LogP contribution is 2.21. The van der Waals surface area contributed by atoms with Crippen molar-refractivity contribution in [1.82, 2.24) is 19.7 Å². The first kappa shape index (κ1) is 8.64. The van der Waals surface area contributed by atoms with Crippen LogP contribution in [0.4, 0.5) is 5.82 Å². The molecular weight excluding hydrogens is 180 g/mol. The second kappa shape index (κ2) is 3.43. The molecule has 0 aliphatic rings. The van der Waals surface area contributed by atoms with Gasteiger partial charge < -0.3 is 5.43 Å². The Morgan fingerprint density at radius 1 is 1.36 bits per heavy atom. The Morgan fingerprint density at radius 3 is 2.79 bits per heavy atom. The molecule has 0 aromatic carbocycles. The fraction of sp³-hybridized carbons (Fsp3) is 0.125. The lowest BCUT2D eigenvalue weighted by Crippen LogP contribution is -2.10. The van der Waals surface area contributed by atoms with Crippen molar-refractivity contribution in [2.45, 2.75) is 0 Å². The number of nitrogens with two attached hydrogens (primary N) is 1. The van der Waals surface area contributed by atoms with Gasteiger partial charge in [0.2, 0.25) is 0 Å². The molecule has 0 fully saturated rings. The van der Waals surface area contributed by atoms with Crippen LogP contribution in [0.1, 0.15) is 0 Å². The normalized spacial score (nSPS) is 10.1. The van der Waals surface area contributed by atoms with Gasteiger partial charge in [0.25, 0.3) is 0 Å². The van der Waals surface area contributed by atoms with Crippen LogP contribution in [0.3, 0.4) is 0 Å². The second-order valence-corrected chi connectivity index (χ2v) is 2.80. The van der Waals surface area contributed by atoms with E-state index in [1.807, 2.05) is 13.2 Å². The minimum atomic E-state index is 0.542. The van der Waals surface area contributed by atoms with Crippen LogP contribution < -0.4 is 11.3 Å². The highest BCUT2D eigenvalue weighted by Gasteiger charge is 2.07. The van der Waals surface area contributed by atoms with Crippen molar-refractivity contribution in [3.05, 3.63) is 24.8 Å². The van der Waals surface area contributed by atoms with E-state index in [4.69, 9.17) is 5.84 Å². The topological polar surface area (TPSA) is 81.7 Å². The van der Waals surface area contributed by atoms with Crippen molar-refractivity contribution in [3.63, 3.8) is 0 Å². The molecule has 2 aromatic heterocycles. The smallest absolute Gasteiger partial charge is 0.166 e. The molecule has 0 spiro atoms. The van der Waals surface area contributed by atoms with Crippen LogP contribution in [-0.2, 0) is 7.05 Å². The molecule has 14 heavy (non-hydrogen) atoms. The Kier molecular flexibility index (Phi) is 2.11. The lowest BCUT2D eigenvalue weighted by atomic mass is 10.2. The molecule has 0 radical (unpaired) electrons. The molecule has 6 nitrogen and oxygen atoms in total. The third kappa shape index (κ3) is 1.42. The molecule has 2 rings (SSSR count). The standard InChI is InChI=1S/C8H10N6/c1-14-5-6(4-12-14)7-8(13-9)11-3-2-10-7/h2-5H,9H2,1H3,(H,11,13). The third-order valence-corrected chi connectivity index (χ3v) is 1.81. The number of hydrazine groups is 1. The molecule has 3 N–H and O–H groups in total. The maximum atomic E-state index is 5.32. The summed E-state index contributed by atoms with van der Waals surface area (Å²) in [5.41, 5.74) is 4.07. The summed E-state index contributed by atoms with van der Waals surface area (Å²) in [6.07, 6.45) is 6.76. The molecule has 0 aliphatic carbocycles. The van der Waals surface area contributed by atoms with Crippen LogP contribution in [0, 0.1) is 0 Å². The summed E-state index contributed by atoms with van der Waals surface area (Å²) in [6, 6.07) is 0. The van der Waals surface area contributed by atoms with Crippen molar-refractivity contribution >= 4 is 5.82 Å². The van der Waals surface area contributed by atoms with Crippen molar-refractivity contribution in [2.75, 3.05) is 5.43 Å². The van der Waals surface area contributed by atoms with E-state index in [2.05, 4.69) is 20.5 Å². The number of aryl methyl sites for hydroxylation is 1. The van der Waals surface area contributed by atoms with Gasteiger partial charge in [-0.05, 0) is 0 Å². The first-order valence-corrected chi connectivity index (χ1v) is 4.08. The van der Waals surface area contributed by atoms with Crippen LogP contribution in [0.15, 0.2) is 24.8 Å². The molecule has 6 heteroatoms. The van der Waals surface area contributed by atoms with Gasteiger partial charge in [0.1, 0.15) is 5.69 Å². The second-order valence-electron chi connectivity index (χ2n) is 2.80. The predicted molar refractivity (Wildman–Crippen MR) is 52.0 cm³/mol. The highest BCUT2D eigenvalue weighted by atomic mass is 15.3. The molecule has 2 heterocycles. The molecule has 2 aromatic rings. The number of anilines is 1. The minimum absolute atomic E-state index is 0.542. The number of nitrogen functional groups attached to an aromatic ring is 1. The van der Waals surface area contributed by atoms with Gasteiger partial charge in [-0.3, -0.25) is 9.67 Å². The molecular formula is C8H10N6. The number of aromatic nitrogens is 4. The number of nitrogens with one attached hydrogen (secondary N) is 1. The van der Waals surface area contributed by atoms with E-state index in [-0.39, 0.29) is 0 Å². The lowest BCUT2D eigenvalue weighted by molar-refractivity contribution is 0.768. The van der Waals surface area contributed by atoms with E-state index in [9.17, 15) is 0 Å². The highest BCUT2D eigenvalue weighted by molar-refractivity contribution is 5.69. The minimum Gasteiger partial charge on any atom is -0.307 e. The molecule has 72 valence electrons. The van der Waals surface area contributed by atoms with Gasteiger partial charge in [-0.25, -0.2) is 10.8 Å². The van der Waals surface area contributed by atoms with Gasteiger partial charge >= 0.3 is 0 Å². The summed E-state index contributed by atoms with van der Waals surface area (Å²) in [5, 5.41) is 4.05. The van der Waals surface area contributed by atoms with Crippen molar-refractivity contribution in [3.8, 4) is 11.3 Å². The third-order valence-electron chi connectivity index (χ3n) is 1.81. The van der Waals surface area contributed by atoms with Gasteiger partial charge in [0.05, 0.1) is 6.20 Å². The SMILES string of the molecule is Cn1cc(-c2nccnc2NN)cn1. The molecule has 0 amide bonds. The van der Waals surface area contributed by atoms with Crippen LogP contribution in [0.25, 0.3) is 11.3 Å². The van der Waals surface area contributed by atoms with Crippen LogP contribution in [0.5, 0.6) is 0 Å². The first-order chi connectivity index (χ1) is 6.81. The Hall–Kier alpha value is -1.95. The zero-order chi connectivity index (χ0) is 9.97. The molecule has 0 atom stereocenters. The van der Waals surface area contributed by atoms with E-state index in [0.29, 0.717) is 11.5 Å². The molecule has 0 saturated carbocycles. The maximum absolute atomic E-state index is 5.32. The summed E-state index contributed by atoms with van der Waals surface area (Å²) >= 11 is 0. The van der Waals surface area contributed by atoms with E-state index >= 15 is 0 Å². The summed E-state index contributed by atoms with van der Waals surface area (Å²) < 4.78 is 1.70. The first-order valence-electron chi connectivity index (χ1n) is 4.08. The number of hydrogen-bond acceptors (Lipinski definition) is 5. The van der Waals surface area contributed by atoms with Crippen molar-refractivity contribution < 1.29 is 0 Å². The Labute approximate surface area is 80.8 Å². The van der Waals surface area contributed by atoms with Crippen molar-refractivity contribution in [1.29, 1.82) is 0 Å². The molecule has 0 aliphatic heterocycles. The Balaban J connectivity index is 2.50. The maximum Gasteiger partial charge on any atom is 0.166 e. The molecule has 0 saturated heterocycles. The van der Waals surface area contributed by atoms with Gasteiger partial charge in [0, 0.05) is 31.2 Å². The summed E-state index contributed by atoms with van der Waals surface area (Å²) in [5.74, 6) is 5.86. The summed E-state index contributed by atoms with van der Waals surface area (Å²) in [7, 11) is 1.84. The fourth-order valence-electron chi connectivity index (χ4n) is 1.20. The van der Waals surface area contributed by atoms with Crippen LogP contribution >= 0.6 is 0 Å². The van der Waals surface area contributed by atoms with Gasteiger partial charge in [-0.1, -0.05) is 0 Å². The monoisotopic (exact) mass is 190 g/mol. The molecule has 0 unspecified atom stereocenters. The van der Waals surface area contributed by atoms with Crippen LogP contribution in [-0.4, -0.2) is 19.7 Å². The zero-order valence-electron chi connectivity index (χ0n) is 7.68. The summed E-state index contributed by atoms with van der Waals surface area (Å²) in [6.45, 7) is 0. The quantitative estimate of drug-likeness (QED) is 0.521. The number of rotatable bonds is 2. The molecule has 0 bridgehead atoms. The van der Waals surface area contributed by atoms with E-state index in [1.54, 1.807) is 23.3 Å². The average Bonchev–Trinajstić information content (AvgIpc) is 2.65. The fourth-order valence-corrected chi connectivity index (χ4v) is 1.20. The zero-order valence-corrected chi connectivity index (χ0v) is 7.68.